The minimum absolute atomic E-state index is 0.0250. The predicted molar refractivity (Wildman–Crippen MR) is 88.6 cm³/mol. The van der Waals surface area contributed by atoms with Crippen LogP contribution in [0.3, 0.4) is 0 Å². The molecule has 1 aliphatic heterocycles. The fourth-order valence-electron chi connectivity index (χ4n) is 3.73. The molecule has 2 aliphatic rings. The molecule has 2 fully saturated rings. The van der Waals surface area contributed by atoms with Gasteiger partial charge in [-0.05, 0) is 44.8 Å². The van der Waals surface area contributed by atoms with Gasteiger partial charge in [-0.15, -0.1) is 0 Å². The summed E-state index contributed by atoms with van der Waals surface area (Å²) < 4.78 is 47.4. The molecule has 2 atom stereocenters. The topological polar surface area (TPSA) is 41.6 Å². The molecule has 0 aromatic carbocycles. The molecule has 0 spiro atoms. The highest BCUT2D eigenvalue weighted by Crippen LogP contribution is 2.38. The second-order valence-electron chi connectivity index (χ2n) is 6.70. The Hall–Kier alpha value is -0.470. The van der Waals surface area contributed by atoms with Crippen molar-refractivity contribution in [2.24, 2.45) is 5.92 Å². The van der Waals surface area contributed by atoms with Crippen LogP contribution in [0, 0.1) is 5.92 Å². The summed E-state index contributed by atoms with van der Waals surface area (Å²) in [4.78, 5) is 13.7. The Bertz CT molecular complexity index is 413. The number of likely N-dealkylation sites (tertiary alicyclic amines) is 1. The van der Waals surface area contributed by atoms with E-state index in [0.717, 1.165) is 19.4 Å². The van der Waals surface area contributed by atoms with Gasteiger partial charge in [-0.3, -0.25) is 9.52 Å². The summed E-state index contributed by atoms with van der Waals surface area (Å²) in [5.41, 5.74) is 0. The van der Waals surface area contributed by atoms with Crippen LogP contribution in [-0.2, 0) is 9.53 Å². The van der Waals surface area contributed by atoms with Crippen molar-refractivity contribution in [1.82, 2.24) is 9.62 Å². The molecule has 4 nitrogen and oxygen atoms in total. The highest BCUT2D eigenvalue weighted by Gasteiger charge is 2.42. The third kappa shape index (κ3) is 5.26. The fraction of sp³-hybridized carbons (Fsp3) is 0.938. The van der Waals surface area contributed by atoms with Crippen LogP contribution in [0.1, 0.15) is 45.4 Å². The molecule has 1 aliphatic carbocycles. The smallest absolute Gasteiger partial charge is 0.376 e. The summed E-state index contributed by atoms with van der Waals surface area (Å²) in [7, 11) is 0. The average molecular weight is 368 g/mol. The highest BCUT2D eigenvalue weighted by molar-refractivity contribution is 7.96. The van der Waals surface area contributed by atoms with Crippen molar-refractivity contribution >= 4 is 17.9 Å². The minimum Gasteiger partial charge on any atom is -0.376 e. The maximum atomic E-state index is 12.7. The molecule has 0 bridgehead atoms. The van der Waals surface area contributed by atoms with Crippen LogP contribution in [0.15, 0.2) is 0 Å². The summed E-state index contributed by atoms with van der Waals surface area (Å²) >= 11 is 1.52. The number of ether oxygens (including phenoxy) is 1. The molecule has 0 radical (unpaired) electrons. The van der Waals surface area contributed by atoms with E-state index in [1.807, 2.05) is 11.2 Å². The van der Waals surface area contributed by atoms with Crippen LogP contribution >= 0.6 is 11.9 Å². The largest absolute Gasteiger partial charge is 0.391 e. The number of alkyl halides is 3. The lowest BCUT2D eigenvalue weighted by Crippen LogP contribution is -2.56. The number of halogens is 3. The fourth-order valence-corrected chi connectivity index (χ4v) is 4.31. The summed E-state index contributed by atoms with van der Waals surface area (Å²) in [6.07, 6.45) is 0.813. The lowest BCUT2D eigenvalue weighted by Gasteiger charge is -2.41. The molecule has 140 valence electrons. The first-order valence-corrected chi connectivity index (χ1v) is 9.79. The SMILES string of the molecule is CSN[C@H]1CCCN(C(C)=O)[C@H]1CO[C@H]1CC[C@@H](C(F)(F)F)CC1. The monoisotopic (exact) mass is 368 g/mol. The Morgan fingerprint density at radius 3 is 2.46 bits per heavy atom. The van der Waals surface area contributed by atoms with Gasteiger partial charge >= 0.3 is 6.18 Å². The quantitative estimate of drug-likeness (QED) is 0.756. The molecule has 1 heterocycles. The van der Waals surface area contributed by atoms with Gasteiger partial charge in [-0.1, -0.05) is 11.9 Å². The molecular weight excluding hydrogens is 341 g/mol. The summed E-state index contributed by atoms with van der Waals surface area (Å²) in [6.45, 7) is 2.67. The number of carbonyl (C=O) groups is 1. The molecule has 1 amide bonds. The van der Waals surface area contributed by atoms with E-state index >= 15 is 0 Å². The normalized spacial score (nSPS) is 32.0. The van der Waals surface area contributed by atoms with Crippen molar-refractivity contribution in [3.05, 3.63) is 0 Å². The number of carbonyl (C=O) groups excluding carboxylic acids is 1. The van der Waals surface area contributed by atoms with E-state index in [-0.39, 0.29) is 36.9 Å². The van der Waals surface area contributed by atoms with Crippen molar-refractivity contribution in [2.45, 2.75) is 69.8 Å². The van der Waals surface area contributed by atoms with Gasteiger partial charge < -0.3 is 9.64 Å². The molecule has 8 heteroatoms. The van der Waals surface area contributed by atoms with Gasteiger partial charge in [0.1, 0.15) is 0 Å². The Morgan fingerprint density at radius 2 is 1.92 bits per heavy atom. The second kappa shape index (κ2) is 8.76. The van der Waals surface area contributed by atoms with Crippen molar-refractivity contribution in [1.29, 1.82) is 0 Å². The van der Waals surface area contributed by atoms with Gasteiger partial charge in [0.25, 0.3) is 0 Å². The van der Waals surface area contributed by atoms with E-state index < -0.39 is 12.1 Å². The van der Waals surface area contributed by atoms with Crippen LogP contribution in [0.4, 0.5) is 13.2 Å². The number of hydrogen-bond donors (Lipinski definition) is 1. The van der Waals surface area contributed by atoms with Crippen molar-refractivity contribution in [3.63, 3.8) is 0 Å². The number of hydrogen-bond acceptors (Lipinski definition) is 4. The third-order valence-electron chi connectivity index (χ3n) is 5.09. The minimum atomic E-state index is -4.09. The van der Waals surface area contributed by atoms with Crippen LogP contribution < -0.4 is 4.72 Å². The molecule has 1 N–H and O–H groups in total. The van der Waals surface area contributed by atoms with E-state index in [9.17, 15) is 18.0 Å². The molecule has 24 heavy (non-hydrogen) atoms. The van der Waals surface area contributed by atoms with Gasteiger partial charge in [0.15, 0.2) is 0 Å². The van der Waals surface area contributed by atoms with Crippen LogP contribution in [0.2, 0.25) is 0 Å². The Morgan fingerprint density at radius 1 is 1.25 bits per heavy atom. The van der Waals surface area contributed by atoms with Gasteiger partial charge in [0, 0.05) is 19.5 Å². The Labute approximate surface area is 146 Å². The summed E-state index contributed by atoms with van der Waals surface area (Å²) in [6, 6.07) is 0.105. The van der Waals surface area contributed by atoms with E-state index in [1.54, 1.807) is 6.92 Å². The first-order chi connectivity index (χ1) is 11.3. The van der Waals surface area contributed by atoms with Crippen molar-refractivity contribution < 1.29 is 22.7 Å². The van der Waals surface area contributed by atoms with Gasteiger partial charge in [0.2, 0.25) is 5.91 Å². The van der Waals surface area contributed by atoms with Crippen LogP contribution in [0.25, 0.3) is 0 Å². The number of rotatable bonds is 5. The lowest BCUT2D eigenvalue weighted by molar-refractivity contribution is -0.188. The number of nitrogens with one attached hydrogen (secondary N) is 1. The number of piperidine rings is 1. The van der Waals surface area contributed by atoms with Gasteiger partial charge in [-0.2, -0.15) is 13.2 Å². The molecule has 1 saturated heterocycles. The van der Waals surface area contributed by atoms with Gasteiger partial charge in [-0.25, -0.2) is 0 Å². The van der Waals surface area contributed by atoms with E-state index in [4.69, 9.17) is 4.74 Å². The Balaban J connectivity index is 1.87. The standard InChI is InChI=1S/C16H27F3N2O2S/c1-11(22)21-9-3-4-14(20-24-2)15(21)10-23-13-7-5-12(6-8-13)16(17,18)19/h12-15,20H,3-10H2,1-2H3/t12-,13+,14-,15-/m0/s1. The zero-order chi connectivity index (χ0) is 17.7. The molecular formula is C16H27F3N2O2S. The van der Waals surface area contributed by atoms with E-state index in [2.05, 4.69) is 4.72 Å². The second-order valence-corrected chi connectivity index (χ2v) is 7.34. The summed E-state index contributed by atoms with van der Waals surface area (Å²) in [5, 5.41) is 0. The lowest BCUT2D eigenvalue weighted by atomic mass is 9.87. The first kappa shape index (κ1) is 19.8. The average Bonchev–Trinajstić information content (AvgIpc) is 2.53. The highest BCUT2D eigenvalue weighted by atomic mass is 32.2. The zero-order valence-electron chi connectivity index (χ0n) is 14.3. The maximum Gasteiger partial charge on any atom is 0.391 e. The number of amides is 1. The van der Waals surface area contributed by atoms with Crippen LogP contribution in [0.5, 0.6) is 0 Å². The molecule has 0 aromatic rings. The van der Waals surface area contributed by atoms with Crippen molar-refractivity contribution in [3.8, 4) is 0 Å². The molecule has 1 saturated carbocycles. The Kier molecular flexibility index (Phi) is 7.24. The zero-order valence-corrected chi connectivity index (χ0v) is 15.1. The molecule has 0 unspecified atom stereocenters. The first-order valence-electron chi connectivity index (χ1n) is 8.57. The van der Waals surface area contributed by atoms with Crippen molar-refractivity contribution in [2.75, 3.05) is 19.4 Å². The van der Waals surface area contributed by atoms with E-state index in [0.29, 0.717) is 19.4 Å². The molecule has 2 rings (SSSR count). The predicted octanol–water partition coefficient (Wildman–Crippen LogP) is 3.37. The maximum absolute atomic E-state index is 12.7. The van der Waals surface area contributed by atoms with Crippen LogP contribution in [-0.4, -0.2) is 54.6 Å². The summed E-state index contributed by atoms with van der Waals surface area (Å²) in [5.74, 6) is -1.16. The molecule has 0 aromatic heterocycles. The van der Waals surface area contributed by atoms with Gasteiger partial charge in [0.05, 0.1) is 24.7 Å². The third-order valence-corrected chi connectivity index (χ3v) is 5.63. The number of nitrogens with zero attached hydrogens (tertiary/aromatic N) is 1. The van der Waals surface area contributed by atoms with E-state index in [1.165, 1.54) is 11.9 Å².